The van der Waals surface area contributed by atoms with Gasteiger partial charge < -0.3 is 15.0 Å². The molecule has 5 heteroatoms. The molecule has 2 heterocycles. The molecular formula is C19H29N3O2. The Balaban J connectivity index is 1.53. The van der Waals surface area contributed by atoms with Crippen molar-refractivity contribution in [3.63, 3.8) is 0 Å². The summed E-state index contributed by atoms with van der Waals surface area (Å²) in [6.45, 7) is 3.63. The zero-order valence-electron chi connectivity index (χ0n) is 14.8. The van der Waals surface area contributed by atoms with Gasteiger partial charge in [-0.05, 0) is 43.6 Å². The number of carbonyl (C=O) groups excluding carboxylic acids is 1. The van der Waals surface area contributed by atoms with Crippen molar-refractivity contribution in [3.8, 4) is 0 Å². The molecule has 132 valence electrons. The van der Waals surface area contributed by atoms with Crippen LogP contribution < -0.4 is 10.2 Å². The standard InChI is InChI=1S/C19H29N3O2/c1-21(2)16-8-6-15(7-9-16)12-19(23)20-17-13-24-14-18(17)22-10-4-3-5-11-22/h6-9,17-18H,3-5,10-14H2,1-2H3,(H,20,23). The largest absolute Gasteiger partial charge is 0.378 e. The highest BCUT2D eigenvalue weighted by molar-refractivity contribution is 5.79. The first kappa shape index (κ1) is 17.2. The maximum absolute atomic E-state index is 12.4. The lowest BCUT2D eigenvalue weighted by atomic mass is 10.0. The van der Waals surface area contributed by atoms with Crippen LogP contribution in [-0.2, 0) is 16.0 Å². The number of likely N-dealkylation sites (tertiary alicyclic amines) is 1. The molecule has 1 N–H and O–H groups in total. The molecule has 1 aromatic carbocycles. The Morgan fingerprint density at radius 1 is 1.17 bits per heavy atom. The lowest BCUT2D eigenvalue weighted by molar-refractivity contribution is -0.121. The van der Waals surface area contributed by atoms with Crippen LogP contribution >= 0.6 is 0 Å². The van der Waals surface area contributed by atoms with E-state index in [9.17, 15) is 4.79 Å². The number of benzene rings is 1. The van der Waals surface area contributed by atoms with Gasteiger partial charge in [-0.25, -0.2) is 0 Å². The molecule has 24 heavy (non-hydrogen) atoms. The van der Waals surface area contributed by atoms with Crippen molar-refractivity contribution in [2.75, 3.05) is 45.3 Å². The summed E-state index contributed by atoms with van der Waals surface area (Å²) in [5.74, 6) is 0.0881. The van der Waals surface area contributed by atoms with Gasteiger partial charge in [-0.2, -0.15) is 0 Å². The smallest absolute Gasteiger partial charge is 0.224 e. The third-order valence-electron chi connectivity index (χ3n) is 5.07. The van der Waals surface area contributed by atoms with Gasteiger partial charge >= 0.3 is 0 Å². The van der Waals surface area contributed by atoms with Crippen molar-refractivity contribution in [3.05, 3.63) is 29.8 Å². The van der Waals surface area contributed by atoms with Crippen LogP contribution in [0.5, 0.6) is 0 Å². The summed E-state index contributed by atoms with van der Waals surface area (Å²) in [5, 5.41) is 3.20. The zero-order chi connectivity index (χ0) is 16.9. The number of amides is 1. The van der Waals surface area contributed by atoms with Crippen molar-refractivity contribution >= 4 is 11.6 Å². The average Bonchev–Trinajstić information content (AvgIpc) is 3.04. The van der Waals surface area contributed by atoms with Crippen molar-refractivity contribution in [1.82, 2.24) is 10.2 Å². The van der Waals surface area contributed by atoms with E-state index in [0.29, 0.717) is 19.1 Å². The van der Waals surface area contributed by atoms with Gasteiger partial charge in [-0.1, -0.05) is 18.6 Å². The summed E-state index contributed by atoms with van der Waals surface area (Å²) in [4.78, 5) is 17.0. The number of ether oxygens (including phenoxy) is 1. The van der Waals surface area contributed by atoms with Gasteiger partial charge in [0.2, 0.25) is 5.91 Å². The van der Waals surface area contributed by atoms with Crippen LogP contribution in [0.25, 0.3) is 0 Å². The lowest BCUT2D eigenvalue weighted by Gasteiger charge is -2.34. The highest BCUT2D eigenvalue weighted by Gasteiger charge is 2.34. The number of anilines is 1. The summed E-state index contributed by atoms with van der Waals surface area (Å²) in [5.41, 5.74) is 2.19. The van der Waals surface area contributed by atoms with Crippen LogP contribution in [-0.4, -0.2) is 63.3 Å². The SMILES string of the molecule is CN(C)c1ccc(CC(=O)NC2COCC2N2CCCCC2)cc1. The monoisotopic (exact) mass is 331 g/mol. The Labute approximate surface area is 145 Å². The van der Waals surface area contributed by atoms with Gasteiger partial charge in [0.15, 0.2) is 0 Å². The summed E-state index contributed by atoms with van der Waals surface area (Å²) in [6, 6.07) is 8.63. The first-order chi connectivity index (χ1) is 11.6. The van der Waals surface area contributed by atoms with Crippen molar-refractivity contribution in [2.24, 2.45) is 0 Å². The molecule has 3 rings (SSSR count). The Bertz CT molecular complexity index is 538. The average molecular weight is 331 g/mol. The third-order valence-corrected chi connectivity index (χ3v) is 5.07. The van der Waals surface area contributed by atoms with E-state index < -0.39 is 0 Å². The number of hydrogen-bond acceptors (Lipinski definition) is 4. The van der Waals surface area contributed by atoms with E-state index >= 15 is 0 Å². The molecule has 0 bridgehead atoms. The molecule has 0 radical (unpaired) electrons. The molecule has 2 saturated heterocycles. The zero-order valence-corrected chi connectivity index (χ0v) is 14.8. The summed E-state index contributed by atoms with van der Waals surface area (Å²) < 4.78 is 5.65. The van der Waals surface area contributed by atoms with Crippen molar-refractivity contribution in [2.45, 2.75) is 37.8 Å². The Hall–Kier alpha value is -1.59. The molecule has 2 aliphatic heterocycles. The highest BCUT2D eigenvalue weighted by atomic mass is 16.5. The number of piperidine rings is 1. The quantitative estimate of drug-likeness (QED) is 0.891. The van der Waals surface area contributed by atoms with Crippen LogP contribution in [0.2, 0.25) is 0 Å². The molecule has 2 atom stereocenters. The molecule has 5 nitrogen and oxygen atoms in total. The van der Waals surface area contributed by atoms with E-state index in [-0.39, 0.29) is 11.9 Å². The molecule has 0 aliphatic carbocycles. The Kier molecular flexibility index (Phi) is 5.74. The molecule has 1 aromatic rings. The van der Waals surface area contributed by atoms with Gasteiger partial charge in [0.25, 0.3) is 0 Å². The van der Waals surface area contributed by atoms with E-state index in [4.69, 9.17) is 4.74 Å². The molecule has 0 aromatic heterocycles. The van der Waals surface area contributed by atoms with Crippen LogP contribution in [0.3, 0.4) is 0 Å². The second-order valence-electron chi connectivity index (χ2n) is 7.11. The summed E-state index contributed by atoms with van der Waals surface area (Å²) in [7, 11) is 4.03. The lowest BCUT2D eigenvalue weighted by Crippen LogP contribution is -2.52. The third kappa shape index (κ3) is 4.28. The van der Waals surface area contributed by atoms with E-state index in [2.05, 4.69) is 27.2 Å². The van der Waals surface area contributed by atoms with Crippen LogP contribution in [0.1, 0.15) is 24.8 Å². The second-order valence-corrected chi connectivity index (χ2v) is 7.11. The number of carbonyl (C=O) groups is 1. The van der Waals surface area contributed by atoms with Crippen molar-refractivity contribution in [1.29, 1.82) is 0 Å². The molecule has 2 aliphatic rings. The number of nitrogens with zero attached hydrogens (tertiary/aromatic N) is 2. The van der Waals surface area contributed by atoms with E-state index in [0.717, 1.165) is 30.9 Å². The predicted molar refractivity (Wildman–Crippen MR) is 96.4 cm³/mol. The van der Waals surface area contributed by atoms with Crippen molar-refractivity contribution < 1.29 is 9.53 Å². The van der Waals surface area contributed by atoms with E-state index in [1.54, 1.807) is 0 Å². The fourth-order valence-corrected chi connectivity index (χ4v) is 3.65. The van der Waals surface area contributed by atoms with Gasteiger partial charge in [0.05, 0.1) is 31.7 Å². The molecular weight excluding hydrogens is 302 g/mol. The minimum Gasteiger partial charge on any atom is -0.378 e. The molecule has 2 unspecified atom stereocenters. The van der Waals surface area contributed by atoms with Gasteiger partial charge in [0, 0.05) is 19.8 Å². The van der Waals surface area contributed by atoms with Crippen LogP contribution in [0.15, 0.2) is 24.3 Å². The number of nitrogens with one attached hydrogen (secondary N) is 1. The van der Waals surface area contributed by atoms with Gasteiger partial charge in [-0.15, -0.1) is 0 Å². The van der Waals surface area contributed by atoms with Crippen LogP contribution in [0, 0.1) is 0 Å². The molecule has 1 amide bonds. The maximum Gasteiger partial charge on any atom is 0.224 e. The fraction of sp³-hybridized carbons (Fsp3) is 0.632. The van der Waals surface area contributed by atoms with Crippen LogP contribution in [0.4, 0.5) is 5.69 Å². The normalized spacial score (nSPS) is 24.8. The Morgan fingerprint density at radius 3 is 2.54 bits per heavy atom. The Morgan fingerprint density at radius 2 is 1.88 bits per heavy atom. The first-order valence-electron chi connectivity index (χ1n) is 9.01. The molecule has 0 saturated carbocycles. The fourth-order valence-electron chi connectivity index (χ4n) is 3.65. The van der Waals surface area contributed by atoms with E-state index in [1.807, 2.05) is 26.2 Å². The maximum atomic E-state index is 12.4. The number of hydrogen-bond donors (Lipinski definition) is 1. The molecule has 0 spiro atoms. The van der Waals surface area contributed by atoms with E-state index in [1.165, 1.54) is 19.3 Å². The predicted octanol–water partition coefficient (Wildman–Crippen LogP) is 1.66. The minimum absolute atomic E-state index is 0.0881. The number of rotatable bonds is 5. The molecule has 2 fully saturated rings. The summed E-state index contributed by atoms with van der Waals surface area (Å²) in [6.07, 6.45) is 4.27. The first-order valence-corrected chi connectivity index (χ1v) is 9.01. The van der Waals surface area contributed by atoms with Gasteiger partial charge in [-0.3, -0.25) is 9.69 Å². The topological polar surface area (TPSA) is 44.8 Å². The van der Waals surface area contributed by atoms with Gasteiger partial charge in [0.1, 0.15) is 0 Å². The summed E-state index contributed by atoms with van der Waals surface area (Å²) >= 11 is 0. The minimum atomic E-state index is 0.0881. The second kappa shape index (κ2) is 7.99. The highest BCUT2D eigenvalue weighted by Crippen LogP contribution is 2.19.